The van der Waals surface area contributed by atoms with Crippen molar-refractivity contribution < 1.29 is 14.3 Å². The lowest BCUT2D eigenvalue weighted by Gasteiger charge is -2.29. The molecule has 0 spiro atoms. The number of carbonyl (C=O) groups is 2. The molecular weight excluding hydrogens is 364 g/mol. The summed E-state index contributed by atoms with van der Waals surface area (Å²) in [6, 6.07) is 17.8. The van der Waals surface area contributed by atoms with Gasteiger partial charge in [-0.1, -0.05) is 48.5 Å². The second-order valence-electron chi connectivity index (χ2n) is 7.80. The smallest absolute Gasteiger partial charge is 0.252 e. The number of nitrogens with one attached hydrogen (secondary N) is 2. The van der Waals surface area contributed by atoms with Crippen LogP contribution >= 0.6 is 0 Å². The molecule has 0 radical (unpaired) electrons. The van der Waals surface area contributed by atoms with Gasteiger partial charge in [0.25, 0.3) is 5.91 Å². The standard InChI is InChI=1S/C24H30N2O3/c1-17(16-29-2)25-23(27)19-12-14-20(15-13-19)26-24(28)22-11-7-6-10-21(22)18-8-4-3-5-9-18/h3-11,17,19-20H,12-16H2,1-2H3,(H,25,27)(H,26,28)/t17-,19?,20?/m0/s1. The Morgan fingerprint density at radius 2 is 1.66 bits per heavy atom. The summed E-state index contributed by atoms with van der Waals surface area (Å²) < 4.78 is 5.07. The van der Waals surface area contributed by atoms with E-state index in [0.717, 1.165) is 36.8 Å². The lowest BCUT2D eigenvalue weighted by atomic mass is 9.85. The molecule has 1 atom stereocenters. The Morgan fingerprint density at radius 1 is 1.00 bits per heavy atom. The zero-order valence-corrected chi connectivity index (χ0v) is 17.2. The van der Waals surface area contributed by atoms with Gasteiger partial charge in [0, 0.05) is 30.7 Å². The highest BCUT2D eigenvalue weighted by atomic mass is 16.5. The molecule has 1 saturated carbocycles. The number of hydrogen-bond acceptors (Lipinski definition) is 3. The third-order valence-electron chi connectivity index (χ3n) is 5.49. The largest absolute Gasteiger partial charge is 0.383 e. The highest BCUT2D eigenvalue weighted by Gasteiger charge is 2.28. The molecule has 5 heteroatoms. The van der Waals surface area contributed by atoms with Crippen LogP contribution in [0.25, 0.3) is 11.1 Å². The van der Waals surface area contributed by atoms with Crippen molar-refractivity contribution in [1.29, 1.82) is 0 Å². The van der Waals surface area contributed by atoms with E-state index in [0.29, 0.717) is 12.2 Å². The highest BCUT2D eigenvalue weighted by molar-refractivity contribution is 6.01. The number of rotatable bonds is 7. The molecule has 2 aromatic rings. The molecule has 1 fully saturated rings. The molecule has 29 heavy (non-hydrogen) atoms. The Balaban J connectivity index is 1.56. The van der Waals surface area contributed by atoms with Gasteiger partial charge in [0.2, 0.25) is 5.91 Å². The molecule has 2 N–H and O–H groups in total. The molecule has 0 heterocycles. The van der Waals surface area contributed by atoms with Crippen LogP contribution in [0.1, 0.15) is 43.0 Å². The van der Waals surface area contributed by atoms with Gasteiger partial charge in [-0.2, -0.15) is 0 Å². The van der Waals surface area contributed by atoms with E-state index < -0.39 is 0 Å². The molecular formula is C24H30N2O3. The number of methoxy groups -OCH3 is 1. The van der Waals surface area contributed by atoms with Crippen molar-refractivity contribution in [2.24, 2.45) is 5.92 Å². The van der Waals surface area contributed by atoms with Gasteiger partial charge in [-0.25, -0.2) is 0 Å². The lowest BCUT2D eigenvalue weighted by molar-refractivity contribution is -0.127. The summed E-state index contributed by atoms with van der Waals surface area (Å²) >= 11 is 0. The van der Waals surface area contributed by atoms with Crippen LogP contribution in [0.15, 0.2) is 54.6 Å². The first-order valence-corrected chi connectivity index (χ1v) is 10.3. The van der Waals surface area contributed by atoms with Crippen LogP contribution in [0.5, 0.6) is 0 Å². The number of benzene rings is 2. The van der Waals surface area contributed by atoms with E-state index in [9.17, 15) is 9.59 Å². The normalized spacial score (nSPS) is 19.9. The van der Waals surface area contributed by atoms with Crippen molar-refractivity contribution in [3.05, 3.63) is 60.2 Å². The van der Waals surface area contributed by atoms with Gasteiger partial charge in [-0.05, 0) is 49.8 Å². The number of amides is 2. The van der Waals surface area contributed by atoms with Gasteiger partial charge in [0.05, 0.1) is 6.61 Å². The summed E-state index contributed by atoms with van der Waals surface area (Å²) in [6.45, 7) is 2.45. The molecule has 1 aliphatic carbocycles. The van der Waals surface area contributed by atoms with E-state index in [1.54, 1.807) is 7.11 Å². The second kappa shape index (κ2) is 10.2. The third kappa shape index (κ3) is 5.67. The Morgan fingerprint density at radius 3 is 2.34 bits per heavy atom. The van der Waals surface area contributed by atoms with E-state index in [1.165, 1.54) is 0 Å². The molecule has 154 valence electrons. The number of carbonyl (C=O) groups excluding carboxylic acids is 2. The van der Waals surface area contributed by atoms with E-state index in [1.807, 2.05) is 61.5 Å². The van der Waals surface area contributed by atoms with Crippen LogP contribution in [0.2, 0.25) is 0 Å². The Hall–Kier alpha value is -2.66. The molecule has 0 unspecified atom stereocenters. The molecule has 3 rings (SSSR count). The van der Waals surface area contributed by atoms with Crippen LogP contribution in [-0.2, 0) is 9.53 Å². The summed E-state index contributed by atoms with van der Waals surface area (Å²) in [5.41, 5.74) is 2.65. The number of ether oxygens (including phenoxy) is 1. The van der Waals surface area contributed by atoms with Crippen molar-refractivity contribution in [1.82, 2.24) is 10.6 Å². The summed E-state index contributed by atoms with van der Waals surface area (Å²) in [6.07, 6.45) is 3.21. The van der Waals surface area contributed by atoms with Crippen molar-refractivity contribution in [3.8, 4) is 11.1 Å². The van der Waals surface area contributed by atoms with Crippen LogP contribution < -0.4 is 10.6 Å². The van der Waals surface area contributed by atoms with E-state index >= 15 is 0 Å². The Bertz CT molecular complexity index is 814. The quantitative estimate of drug-likeness (QED) is 0.751. The Labute approximate surface area is 172 Å². The number of hydrogen-bond donors (Lipinski definition) is 2. The fraction of sp³-hybridized carbons (Fsp3) is 0.417. The fourth-order valence-electron chi connectivity index (χ4n) is 3.97. The predicted octanol–water partition coefficient (Wildman–Crippen LogP) is 3.79. The van der Waals surface area contributed by atoms with Gasteiger partial charge < -0.3 is 15.4 Å². The molecule has 0 aromatic heterocycles. The summed E-state index contributed by atoms with van der Waals surface area (Å²) in [5.74, 6) is 0.0545. The van der Waals surface area contributed by atoms with E-state index in [4.69, 9.17) is 4.74 Å². The summed E-state index contributed by atoms with van der Waals surface area (Å²) in [4.78, 5) is 25.3. The zero-order valence-electron chi connectivity index (χ0n) is 17.2. The fourth-order valence-corrected chi connectivity index (χ4v) is 3.97. The zero-order chi connectivity index (χ0) is 20.6. The van der Waals surface area contributed by atoms with Crippen LogP contribution in [0.3, 0.4) is 0 Å². The minimum absolute atomic E-state index is 0.0130. The van der Waals surface area contributed by atoms with Crippen molar-refractivity contribution in [2.45, 2.75) is 44.7 Å². The van der Waals surface area contributed by atoms with Crippen molar-refractivity contribution >= 4 is 11.8 Å². The van der Waals surface area contributed by atoms with Gasteiger partial charge in [0.15, 0.2) is 0 Å². The molecule has 0 bridgehead atoms. The molecule has 1 aliphatic rings. The van der Waals surface area contributed by atoms with Crippen LogP contribution in [0, 0.1) is 5.92 Å². The predicted molar refractivity (Wildman–Crippen MR) is 115 cm³/mol. The SMILES string of the molecule is COC[C@H](C)NC(=O)C1CCC(NC(=O)c2ccccc2-c2ccccc2)CC1. The maximum atomic E-state index is 12.9. The molecule has 0 aliphatic heterocycles. The van der Waals surface area contributed by atoms with E-state index in [2.05, 4.69) is 10.6 Å². The molecule has 2 amide bonds. The average Bonchev–Trinajstić information content (AvgIpc) is 2.75. The van der Waals surface area contributed by atoms with Gasteiger partial charge in [-0.3, -0.25) is 9.59 Å². The van der Waals surface area contributed by atoms with Gasteiger partial charge in [-0.15, -0.1) is 0 Å². The van der Waals surface area contributed by atoms with Crippen LogP contribution in [-0.4, -0.2) is 37.6 Å². The first kappa shape index (κ1) is 21.1. The van der Waals surface area contributed by atoms with Crippen molar-refractivity contribution in [2.75, 3.05) is 13.7 Å². The van der Waals surface area contributed by atoms with Crippen LogP contribution in [0.4, 0.5) is 0 Å². The highest BCUT2D eigenvalue weighted by Crippen LogP contribution is 2.27. The Kier molecular flexibility index (Phi) is 7.42. The van der Waals surface area contributed by atoms with Gasteiger partial charge in [0.1, 0.15) is 0 Å². The first-order chi connectivity index (χ1) is 14.1. The minimum Gasteiger partial charge on any atom is -0.383 e. The van der Waals surface area contributed by atoms with Gasteiger partial charge >= 0.3 is 0 Å². The lowest BCUT2D eigenvalue weighted by Crippen LogP contribution is -2.43. The minimum atomic E-state index is -0.0499. The topological polar surface area (TPSA) is 67.4 Å². The summed E-state index contributed by atoms with van der Waals surface area (Å²) in [5, 5.41) is 6.18. The average molecular weight is 395 g/mol. The maximum absolute atomic E-state index is 12.9. The maximum Gasteiger partial charge on any atom is 0.252 e. The monoisotopic (exact) mass is 394 g/mol. The molecule has 2 aromatic carbocycles. The summed E-state index contributed by atoms with van der Waals surface area (Å²) in [7, 11) is 1.63. The molecule has 5 nitrogen and oxygen atoms in total. The molecule has 0 saturated heterocycles. The van der Waals surface area contributed by atoms with Crippen molar-refractivity contribution in [3.63, 3.8) is 0 Å². The third-order valence-corrected chi connectivity index (χ3v) is 5.49. The second-order valence-corrected chi connectivity index (χ2v) is 7.80. The first-order valence-electron chi connectivity index (χ1n) is 10.3. The van der Waals surface area contributed by atoms with E-state index in [-0.39, 0.29) is 29.8 Å².